The monoisotopic (exact) mass is 201 g/mol. The lowest BCUT2D eigenvalue weighted by Crippen LogP contribution is -2.29. The summed E-state index contributed by atoms with van der Waals surface area (Å²) in [5, 5.41) is 12.3. The molecule has 0 spiro atoms. The summed E-state index contributed by atoms with van der Waals surface area (Å²) in [6, 6.07) is 0. The molecule has 0 aromatic rings. The van der Waals surface area contributed by atoms with Gasteiger partial charge in [0.05, 0.1) is 0 Å². The average molecular weight is 201 g/mol. The number of aliphatic hydroxyl groups is 1. The van der Waals surface area contributed by atoms with Crippen molar-refractivity contribution in [2.45, 2.75) is 26.2 Å². The minimum atomic E-state index is 0.276. The van der Waals surface area contributed by atoms with Gasteiger partial charge in [-0.15, -0.1) is 0 Å². The van der Waals surface area contributed by atoms with Gasteiger partial charge in [-0.3, -0.25) is 0 Å². The third kappa shape index (κ3) is 3.95. The molecule has 2 N–H and O–H groups in total. The van der Waals surface area contributed by atoms with Crippen molar-refractivity contribution in [3.63, 3.8) is 0 Å². The molecule has 14 heavy (non-hydrogen) atoms. The quantitative estimate of drug-likeness (QED) is 0.616. The molecular weight excluding hydrogens is 178 g/mol. The van der Waals surface area contributed by atoms with Crippen LogP contribution in [0.25, 0.3) is 0 Å². The van der Waals surface area contributed by atoms with E-state index in [1.165, 1.54) is 19.3 Å². The molecule has 0 radical (unpaired) electrons. The molecule has 1 rings (SSSR count). The second-order valence-electron chi connectivity index (χ2n) is 4.66. The first-order valence-corrected chi connectivity index (χ1v) is 5.53. The predicted octanol–water partition coefficient (Wildman–Crippen LogP) is 1.02. The van der Waals surface area contributed by atoms with E-state index < -0.39 is 0 Å². The molecule has 1 saturated carbocycles. The number of hydrogen-bond donors (Lipinski definition) is 2. The summed E-state index contributed by atoms with van der Waals surface area (Å²) in [6.45, 7) is 5.21. The van der Waals surface area contributed by atoms with Crippen molar-refractivity contribution in [3.8, 4) is 0 Å². The molecule has 0 aromatic heterocycles. The van der Waals surface area contributed by atoms with E-state index in [0.717, 1.165) is 19.7 Å². The Labute approximate surface area is 86.8 Å². The van der Waals surface area contributed by atoms with Gasteiger partial charge < -0.3 is 15.2 Å². The van der Waals surface area contributed by atoms with Crippen LogP contribution in [-0.4, -0.2) is 38.5 Å². The number of methoxy groups -OCH3 is 1. The lowest BCUT2D eigenvalue weighted by atomic mass is 10.0. The van der Waals surface area contributed by atoms with Gasteiger partial charge in [0.1, 0.15) is 0 Å². The lowest BCUT2D eigenvalue weighted by Gasteiger charge is -2.17. The van der Waals surface area contributed by atoms with E-state index in [1.54, 1.807) is 7.11 Å². The summed E-state index contributed by atoms with van der Waals surface area (Å²) in [5.41, 5.74) is 0.519. The van der Waals surface area contributed by atoms with E-state index in [0.29, 0.717) is 11.3 Å². The zero-order valence-corrected chi connectivity index (χ0v) is 9.38. The minimum Gasteiger partial charge on any atom is -0.396 e. The van der Waals surface area contributed by atoms with E-state index in [4.69, 9.17) is 9.84 Å². The molecule has 0 bridgehead atoms. The smallest absolute Gasteiger partial charge is 0.0468 e. The molecule has 0 aliphatic heterocycles. The molecule has 1 atom stereocenters. The zero-order valence-electron chi connectivity index (χ0n) is 9.38. The van der Waals surface area contributed by atoms with Crippen LogP contribution in [0.4, 0.5) is 0 Å². The maximum Gasteiger partial charge on any atom is 0.0468 e. The second kappa shape index (κ2) is 5.69. The molecule has 84 valence electrons. The third-order valence-electron chi connectivity index (χ3n) is 3.10. The fraction of sp³-hybridized carbons (Fsp3) is 1.00. The van der Waals surface area contributed by atoms with Crippen molar-refractivity contribution in [2.24, 2.45) is 11.3 Å². The molecule has 3 heteroatoms. The Hall–Kier alpha value is -0.120. The van der Waals surface area contributed by atoms with Gasteiger partial charge in [0.15, 0.2) is 0 Å². The molecule has 0 aromatic carbocycles. The van der Waals surface area contributed by atoms with Crippen molar-refractivity contribution >= 4 is 0 Å². The standard InChI is InChI=1S/C11H23NO2/c1-10(8-13)7-12-9-11(3-4-11)5-6-14-2/h10,12-13H,3-9H2,1-2H3. The second-order valence-corrected chi connectivity index (χ2v) is 4.66. The number of aliphatic hydroxyl groups excluding tert-OH is 1. The molecule has 3 nitrogen and oxygen atoms in total. The van der Waals surface area contributed by atoms with E-state index >= 15 is 0 Å². The van der Waals surface area contributed by atoms with E-state index in [1.807, 2.05) is 0 Å². The maximum atomic E-state index is 8.86. The predicted molar refractivity (Wildman–Crippen MR) is 57.3 cm³/mol. The first kappa shape index (κ1) is 12.0. The number of hydrogen-bond acceptors (Lipinski definition) is 3. The third-order valence-corrected chi connectivity index (χ3v) is 3.10. The Morgan fingerprint density at radius 1 is 1.50 bits per heavy atom. The van der Waals surface area contributed by atoms with Gasteiger partial charge in [0, 0.05) is 26.9 Å². The Morgan fingerprint density at radius 3 is 2.71 bits per heavy atom. The zero-order chi connectivity index (χ0) is 10.4. The number of nitrogens with one attached hydrogen (secondary N) is 1. The van der Waals surface area contributed by atoms with Gasteiger partial charge in [-0.2, -0.15) is 0 Å². The number of rotatable bonds is 8. The van der Waals surface area contributed by atoms with E-state index in [2.05, 4.69) is 12.2 Å². The van der Waals surface area contributed by atoms with Crippen LogP contribution in [-0.2, 0) is 4.74 Å². The highest BCUT2D eigenvalue weighted by molar-refractivity contribution is 4.94. The van der Waals surface area contributed by atoms with Crippen LogP contribution in [0.1, 0.15) is 26.2 Å². The topological polar surface area (TPSA) is 41.5 Å². The highest BCUT2D eigenvalue weighted by atomic mass is 16.5. The Bertz CT molecular complexity index is 157. The van der Waals surface area contributed by atoms with E-state index in [9.17, 15) is 0 Å². The molecule has 0 heterocycles. The van der Waals surface area contributed by atoms with Crippen molar-refractivity contribution in [1.82, 2.24) is 5.32 Å². The van der Waals surface area contributed by atoms with Crippen LogP contribution >= 0.6 is 0 Å². The SMILES string of the molecule is COCCC1(CNCC(C)CO)CC1. The van der Waals surface area contributed by atoms with Crippen LogP contribution in [0.2, 0.25) is 0 Å². The van der Waals surface area contributed by atoms with Gasteiger partial charge in [-0.1, -0.05) is 6.92 Å². The van der Waals surface area contributed by atoms with Crippen molar-refractivity contribution in [1.29, 1.82) is 0 Å². The van der Waals surface area contributed by atoms with Crippen LogP contribution < -0.4 is 5.32 Å². The summed E-state index contributed by atoms with van der Waals surface area (Å²) < 4.78 is 5.10. The van der Waals surface area contributed by atoms with Crippen LogP contribution in [0.15, 0.2) is 0 Å². The molecule has 1 unspecified atom stereocenters. The summed E-state index contributed by atoms with van der Waals surface area (Å²) in [4.78, 5) is 0. The molecule has 1 aliphatic rings. The molecule has 1 fully saturated rings. The fourth-order valence-electron chi connectivity index (χ4n) is 1.66. The van der Waals surface area contributed by atoms with Gasteiger partial charge in [0.2, 0.25) is 0 Å². The van der Waals surface area contributed by atoms with Crippen LogP contribution in [0.3, 0.4) is 0 Å². The van der Waals surface area contributed by atoms with Crippen molar-refractivity contribution < 1.29 is 9.84 Å². The summed E-state index contributed by atoms with van der Waals surface area (Å²) in [6.07, 6.45) is 3.83. The minimum absolute atomic E-state index is 0.276. The summed E-state index contributed by atoms with van der Waals surface area (Å²) in [7, 11) is 1.76. The highest BCUT2D eigenvalue weighted by Crippen LogP contribution is 2.48. The molecule has 0 amide bonds. The molecular formula is C11H23NO2. The van der Waals surface area contributed by atoms with Gasteiger partial charge in [0.25, 0.3) is 0 Å². The average Bonchev–Trinajstić information content (AvgIpc) is 2.95. The van der Waals surface area contributed by atoms with Crippen molar-refractivity contribution in [3.05, 3.63) is 0 Å². The van der Waals surface area contributed by atoms with Crippen molar-refractivity contribution in [2.75, 3.05) is 33.4 Å². The van der Waals surface area contributed by atoms with Gasteiger partial charge in [-0.05, 0) is 37.1 Å². The van der Waals surface area contributed by atoms with E-state index in [-0.39, 0.29) is 6.61 Å². The summed E-state index contributed by atoms with van der Waals surface area (Å²) >= 11 is 0. The van der Waals surface area contributed by atoms with Gasteiger partial charge >= 0.3 is 0 Å². The molecule has 1 aliphatic carbocycles. The first-order chi connectivity index (χ1) is 6.72. The Kier molecular flexibility index (Phi) is 4.85. The number of ether oxygens (including phenoxy) is 1. The Balaban J connectivity index is 2.05. The highest BCUT2D eigenvalue weighted by Gasteiger charge is 2.41. The maximum absolute atomic E-state index is 8.86. The Morgan fingerprint density at radius 2 is 2.21 bits per heavy atom. The fourth-order valence-corrected chi connectivity index (χ4v) is 1.66. The largest absolute Gasteiger partial charge is 0.396 e. The summed E-state index contributed by atoms with van der Waals surface area (Å²) in [5.74, 6) is 0.369. The van der Waals surface area contributed by atoms with Crippen LogP contribution in [0, 0.1) is 11.3 Å². The van der Waals surface area contributed by atoms with Gasteiger partial charge in [-0.25, -0.2) is 0 Å². The molecule has 0 saturated heterocycles. The normalized spacial score (nSPS) is 20.8. The first-order valence-electron chi connectivity index (χ1n) is 5.53. The lowest BCUT2D eigenvalue weighted by molar-refractivity contribution is 0.169. The van der Waals surface area contributed by atoms with Crippen LogP contribution in [0.5, 0.6) is 0 Å².